The van der Waals surface area contributed by atoms with E-state index in [1.807, 2.05) is 43.5 Å². The molecule has 0 aliphatic rings. The van der Waals surface area contributed by atoms with Crippen molar-refractivity contribution in [2.45, 2.75) is 13.8 Å². The largest absolute Gasteiger partial charge is 0.350 e. The molecule has 1 aromatic heterocycles. The summed E-state index contributed by atoms with van der Waals surface area (Å²) in [7, 11) is 0. The van der Waals surface area contributed by atoms with Gasteiger partial charge in [-0.15, -0.1) is 11.3 Å². The van der Waals surface area contributed by atoms with E-state index in [0.29, 0.717) is 29.2 Å². The zero-order chi connectivity index (χ0) is 22.2. The Bertz CT molecular complexity index is 1060. The molecule has 1 heterocycles. The van der Waals surface area contributed by atoms with Gasteiger partial charge in [-0.1, -0.05) is 18.2 Å². The average molecular weight is 437 g/mol. The average Bonchev–Trinajstić information content (AvgIpc) is 3.30. The van der Waals surface area contributed by atoms with E-state index in [1.165, 1.54) is 11.3 Å². The van der Waals surface area contributed by atoms with E-state index in [9.17, 15) is 14.4 Å². The van der Waals surface area contributed by atoms with Crippen molar-refractivity contribution in [2.75, 3.05) is 23.7 Å². The summed E-state index contributed by atoms with van der Waals surface area (Å²) in [6.07, 6.45) is 0. The van der Waals surface area contributed by atoms with Crippen LogP contribution < -0.4 is 21.3 Å². The second-order valence-electron chi connectivity index (χ2n) is 6.89. The molecular formula is C23H24N4O3S. The fourth-order valence-corrected chi connectivity index (χ4v) is 3.47. The van der Waals surface area contributed by atoms with Crippen molar-refractivity contribution in [3.63, 3.8) is 0 Å². The van der Waals surface area contributed by atoms with Crippen molar-refractivity contribution in [2.24, 2.45) is 0 Å². The number of hydrogen-bond acceptors (Lipinski definition) is 4. The van der Waals surface area contributed by atoms with Gasteiger partial charge in [-0.25, -0.2) is 4.79 Å². The molecule has 0 unspecified atom stereocenters. The van der Waals surface area contributed by atoms with Crippen LogP contribution in [-0.2, 0) is 0 Å². The van der Waals surface area contributed by atoms with Crippen molar-refractivity contribution in [1.82, 2.24) is 10.6 Å². The fourth-order valence-electron chi connectivity index (χ4n) is 2.83. The van der Waals surface area contributed by atoms with Crippen LogP contribution in [0, 0.1) is 13.8 Å². The van der Waals surface area contributed by atoms with Crippen LogP contribution in [0.25, 0.3) is 0 Å². The lowest BCUT2D eigenvalue weighted by atomic mass is 10.1. The van der Waals surface area contributed by atoms with Crippen LogP contribution in [0.15, 0.2) is 60.0 Å². The number of hydrogen-bond donors (Lipinski definition) is 4. The summed E-state index contributed by atoms with van der Waals surface area (Å²) in [6, 6.07) is 15.5. The van der Waals surface area contributed by atoms with Crippen molar-refractivity contribution in [1.29, 1.82) is 0 Å². The molecule has 8 heteroatoms. The third kappa shape index (κ3) is 6.16. The van der Waals surface area contributed by atoms with Crippen LogP contribution in [0.2, 0.25) is 0 Å². The first-order chi connectivity index (χ1) is 14.9. The van der Waals surface area contributed by atoms with Crippen molar-refractivity contribution in [3.8, 4) is 0 Å². The summed E-state index contributed by atoms with van der Waals surface area (Å²) in [6.45, 7) is 4.58. The van der Waals surface area contributed by atoms with Crippen LogP contribution in [-0.4, -0.2) is 30.9 Å². The minimum atomic E-state index is -0.354. The number of carbonyl (C=O) groups excluding carboxylic acids is 3. The molecule has 4 N–H and O–H groups in total. The van der Waals surface area contributed by atoms with E-state index in [1.54, 1.807) is 30.3 Å². The zero-order valence-electron chi connectivity index (χ0n) is 17.3. The van der Waals surface area contributed by atoms with Gasteiger partial charge < -0.3 is 21.3 Å². The van der Waals surface area contributed by atoms with Gasteiger partial charge in [0.25, 0.3) is 11.8 Å². The molecule has 0 saturated carbocycles. The molecule has 0 radical (unpaired) electrons. The smallest absolute Gasteiger partial charge is 0.323 e. The number of nitrogens with one attached hydrogen (secondary N) is 4. The third-order valence-electron chi connectivity index (χ3n) is 4.70. The van der Waals surface area contributed by atoms with Gasteiger partial charge >= 0.3 is 6.03 Å². The lowest BCUT2D eigenvalue weighted by molar-refractivity contribution is 0.0929. The first-order valence-corrected chi connectivity index (χ1v) is 10.7. The molecule has 0 bridgehead atoms. The fraction of sp³-hybridized carbons (Fsp3) is 0.174. The Morgan fingerprint density at radius 1 is 0.806 bits per heavy atom. The Hall–Kier alpha value is -3.65. The van der Waals surface area contributed by atoms with E-state index < -0.39 is 0 Å². The summed E-state index contributed by atoms with van der Waals surface area (Å²) < 4.78 is 0. The first kappa shape index (κ1) is 22.0. The Morgan fingerprint density at radius 2 is 1.52 bits per heavy atom. The van der Waals surface area contributed by atoms with Crippen molar-refractivity contribution >= 4 is 40.6 Å². The van der Waals surface area contributed by atoms with E-state index in [0.717, 1.165) is 16.8 Å². The van der Waals surface area contributed by atoms with E-state index in [2.05, 4.69) is 21.3 Å². The van der Waals surface area contributed by atoms with E-state index in [4.69, 9.17) is 0 Å². The maximum Gasteiger partial charge on any atom is 0.323 e. The molecule has 160 valence electrons. The van der Waals surface area contributed by atoms with Gasteiger partial charge in [0.15, 0.2) is 0 Å². The summed E-state index contributed by atoms with van der Waals surface area (Å²) in [4.78, 5) is 37.0. The standard InChI is InChI=1S/C23H24N4O3S/c1-15-5-3-6-19(16(15)2)27-23(30)26-18-10-8-17(9-11-18)21(28)24-12-13-25-22(29)20-7-4-14-31-20/h3-11,14H,12-13H2,1-2H3,(H,24,28)(H,25,29)(H2,26,27,30). The Balaban J connectivity index is 1.44. The maximum atomic E-state index is 12.2. The predicted molar refractivity (Wildman–Crippen MR) is 124 cm³/mol. The summed E-state index contributed by atoms with van der Waals surface area (Å²) in [5.41, 5.74) is 3.89. The number of benzene rings is 2. The second kappa shape index (κ2) is 10.4. The molecule has 0 spiro atoms. The molecule has 0 aliphatic carbocycles. The molecule has 2 aromatic carbocycles. The Morgan fingerprint density at radius 3 is 2.19 bits per heavy atom. The van der Waals surface area contributed by atoms with Gasteiger partial charge in [0.2, 0.25) is 0 Å². The summed E-state index contributed by atoms with van der Waals surface area (Å²) >= 11 is 1.37. The van der Waals surface area contributed by atoms with E-state index in [-0.39, 0.29) is 17.8 Å². The number of amides is 4. The number of urea groups is 1. The highest BCUT2D eigenvalue weighted by atomic mass is 32.1. The molecular weight excluding hydrogens is 412 g/mol. The second-order valence-corrected chi connectivity index (χ2v) is 7.84. The number of thiophene rings is 1. The normalized spacial score (nSPS) is 10.3. The summed E-state index contributed by atoms with van der Waals surface area (Å²) in [5.74, 6) is -0.407. The molecule has 0 fully saturated rings. The molecule has 7 nitrogen and oxygen atoms in total. The van der Waals surface area contributed by atoms with Gasteiger partial charge in [0.1, 0.15) is 0 Å². The first-order valence-electron chi connectivity index (χ1n) is 9.78. The third-order valence-corrected chi connectivity index (χ3v) is 5.57. The van der Waals surface area contributed by atoms with Crippen LogP contribution in [0.3, 0.4) is 0 Å². The monoisotopic (exact) mass is 436 g/mol. The number of aryl methyl sites for hydroxylation is 1. The number of rotatable bonds is 7. The molecule has 0 saturated heterocycles. The van der Waals surface area contributed by atoms with Gasteiger partial charge in [-0.3, -0.25) is 9.59 Å². The highest BCUT2D eigenvalue weighted by molar-refractivity contribution is 7.12. The topological polar surface area (TPSA) is 99.3 Å². The van der Waals surface area contributed by atoms with Crippen LogP contribution in [0.4, 0.5) is 16.2 Å². The van der Waals surface area contributed by atoms with Gasteiger partial charge in [0, 0.05) is 30.0 Å². The van der Waals surface area contributed by atoms with Crippen molar-refractivity contribution < 1.29 is 14.4 Å². The minimum absolute atomic E-state index is 0.154. The Labute approximate surface area is 184 Å². The molecule has 3 rings (SSSR count). The molecule has 4 amide bonds. The molecule has 0 aliphatic heterocycles. The molecule has 0 atom stereocenters. The van der Waals surface area contributed by atoms with Crippen LogP contribution in [0.1, 0.15) is 31.2 Å². The Kier molecular flexibility index (Phi) is 7.40. The van der Waals surface area contributed by atoms with Gasteiger partial charge in [-0.2, -0.15) is 0 Å². The lowest BCUT2D eigenvalue weighted by Crippen LogP contribution is -2.34. The lowest BCUT2D eigenvalue weighted by Gasteiger charge is -2.12. The SMILES string of the molecule is Cc1cccc(NC(=O)Nc2ccc(C(=O)NCCNC(=O)c3cccs3)cc2)c1C. The van der Waals surface area contributed by atoms with Gasteiger partial charge in [-0.05, 0) is 66.8 Å². The molecule has 3 aromatic rings. The zero-order valence-corrected chi connectivity index (χ0v) is 18.1. The summed E-state index contributed by atoms with van der Waals surface area (Å²) in [5, 5.41) is 12.9. The number of anilines is 2. The number of carbonyl (C=O) groups is 3. The quantitative estimate of drug-likeness (QED) is 0.418. The highest BCUT2D eigenvalue weighted by Crippen LogP contribution is 2.18. The van der Waals surface area contributed by atoms with Crippen molar-refractivity contribution in [3.05, 3.63) is 81.5 Å². The molecule has 31 heavy (non-hydrogen) atoms. The highest BCUT2D eigenvalue weighted by Gasteiger charge is 2.09. The maximum absolute atomic E-state index is 12.2. The predicted octanol–water partition coefficient (Wildman–Crippen LogP) is 4.17. The van der Waals surface area contributed by atoms with Crippen LogP contribution >= 0.6 is 11.3 Å². The van der Waals surface area contributed by atoms with Crippen LogP contribution in [0.5, 0.6) is 0 Å². The van der Waals surface area contributed by atoms with Gasteiger partial charge in [0.05, 0.1) is 4.88 Å². The van der Waals surface area contributed by atoms with E-state index >= 15 is 0 Å². The minimum Gasteiger partial charge on any atom is -0.350 e.